The number of amides is 2. The fourth-order valence-electron chi connectivity index (χ4n) is 3.39. The second-order valence-corrected chi connectivity index (χ2v) is 10.0. The Kier molecular flexibility index (Phi) is 10.4. The van der Waals surface area contributed by atoms with E-state index in [2.05, 4.69) is 37.4 Å². The molecule has 32 heavy (non-hydrogen) atoms. The Labute approximate surface area is 206 Å². The summed E-state index contributed by atoms with van der Waals surface area (Å²) in [6.07, 6.45) is 0.814. The molecule has 0 unspecified atom stereocenters. The highest BCUT2D eigenvalue weighted by Gasteiger charge is 2.28. The number of rotatable bonds is 10. The van der Waals surface area contributed by atoms with Crippen molar-refractivity contribution in [2.75, 3.05) is 5.75 Å². The number of halogens is 2. The Morgan fingerprint density at radius 3 is 2.22 bits per heavy atom. The lowest BCUT2D eigenvalue weighted by Gasteiger charge is -2.30. The van der Waals surface area contributed by atoms with Gasteiger partial charge in [0.15, 0.2) is 0 Å². The first-order valence-corrected chi connectivity index (χ1v) is 12.7. The maximum atomic E-state index is 13.2. The van der Waals surface area contributed by atoms with Crippen LogP contribution in [0.5, 0.6) is 0 Å². The van der Waals surface area contributed by atoms with Crippen molar-refractivity contribution in [1.29, 1.82) is 0 Å². The van der Waals surface area contributed by atoms with E-state index >= 15 is 0 Å². The lowest BCUT2D eigenvalue weighted by atomic mass is 10.1. The summed E-state index contributed by atoms with van der Waals surface area (Å²) in [4.78, 5) is 27.6. The minimum Gasteiger partial charge on any atom is -0.352 e. The summed E-state index contributed by atoms with van der Waals surface area (Å²) in [6, 6.07) is 11.0. The molecule has 2 amide bonds. The van der Waals surface area contributed by atoms with Crippen LogP contribution >= 0.6 is 35.0 Å². The summed E-state index contributed by atoms with van der Waals surface area (Å²) in [6.45, 7) is 10.0. The van der Waals surface area contributed by atoms with Crippen LogP contribution in [0.1, 0.15) is 49.4 Å². The molecule has 2 atom stereocenters. The van der Waals surface area contributed by atoms with Gasteiger partial charge in [0, 0.05) is 33.9 Å². The van der Waals surface area contributed by atoms with Crippen molar-refractivity contribution < 1.29 is 9.59 Å². The third kappa shape index (κ3) is 7.72. The van der Waals surface area contributed by atoms with Gasteiger partial charge in [0.25, 0.3) is 0 Å². The smallest absolute Gasteiger partial charge is 0.242 e. The maximum absolute atomic E-state index is 13.2. The van der Waals surface area contributed by atoms with Crippen LogP contribution in [0.4, 0.5) is 0 Å². The van der Waals surface area contributed by atoms with Gasteiger partial charge in [-0.2, -0.15) is 0 Å². The molecule has 0 fully saturated rings. The van der Waals surface area contributed by atoms with Crippen LogP contribution in [-0.2, 0) is 21.9 Å². The molecular weight excluding hydrogens is 463 g/mol. The Hall–Kier alpha value is -1.69. The minimum absolute atomic E-state index is 0.0322. The van der Waals surface area contributed by atoms with Crippen LogP contribution in [0.3, 0.4) is 0 Å². The molecule has 0 spiro atoms. The predicted molar refractivity (Wildman–Crippen MR) is 136 cm³/mol. The molecule has 0 saturated heterocycles. The van der Waals surface area contributed by atoms with Crippen molar-refractivity contribution in [2.24, 2.45) is 0 Å². The SMILES string of the molecule is CC[C@@H](C)NC(=O)[C@@H](C)N(Cc1c(Cl)cccc1Cl)C(=O)CSCc1cc(C)cc(C)c1. The molecule has 0 saturated carbocycles. The van der Waals surface area contributed by atoms with Gasteiger partial charge < -0.3 is 10.2 Å². The molecule has 0 aliphatic rings. The lowest BCUT2D eigenvalue weighted by Crippen LogP contribution is -2.50. The van der Waals surface area contributed by atoms with Gasteiger partial charge in [-0.25, -0.2) is 0 Å². The molecule has 0 aliphatic heterocycles. The van der Waals surface area contributed by atoms with Gasteiger partial charge in [-0.3, -0.25) is 9.59 Å². The highest BCUT2D eigenvalue weighted by atomic mass is 35.5. The molecule has 0 aliphatic carbocycles. The number of hydrogen-bond acceptors (Lipinski definition) is 3. The molecule has 1 N–H and O–H groups in total. The number of hydrogen-bond donors (Lipinski definition) is 1. The van der Waals surface area contributed by atoms with E-state index in [-0.39, 0.29) is 30.2 Å². The monoisotopic (exact) mass is 494 g/mol. The molecule has 2 rings (SSSR count). The standard InChI is InChI=1S/C25H32Cl2N2O2S/c1-6-18(4)28-25(31)19(5)29(13-21-22(26)8-7-9-23(21)27)24(30)15-32-14-20-11-16(2)10-17(3)12-20/h7-12,18-19H,6,13-15H2,1-5H3,(H,28,31)/t18-,19-/m1/s1. The van der Waals surface area contributed by atoms with Gasteiger partial charge >= 0.3 is 0 Å². The number of nitrogens with one attached hydrogen (secondary N) is 1. The first-order chi connectivity index (χ1) is 15.1. The van der Waals surface area contributed by atoms with Crippen molar-refractivity contribution in [3.05, 3.63) is 68.7 Å². The average Bonchev–Trinajstić information content (AvgIpc) is 2.72. The number of thioether (sulfide) groups is 1. The summed E-state index contributed by atoms with van der Waals surface area (Å²) in [5.74, 6) is 0.677. The first kappa shape index (κ1) is 26.6. The fraction of sp³-hybridized carbons (Fsp3) is 0.440. The van der Waals surface area contributed by atoms with Crippen LogP contribution in [0.25, 0.3) is 0 Å². The van der Waals surface area contributed by atoms with Crippen LogP contribution in [0.15, 0.2) is 36.4 Å². The van der Waals surface area contributed by atoms with Crippen LogP contribution in [-0.4, -0.2) is 34.6 Å². The summed E-state index contributed by atoms with van der Waals surface area (Å²) >= 11 is 14.2. The molecule has 174 valence electrons. The molecule has 0 bridgehead atoms. The third-order valence-corrected chi connectivity index (χ3v) is 7.03. The highest BCUT2D eigenvalue weighted by Crippen LogP contribution is 2.27. The molecule has 2 aromatic rings. The van der Waals surface area contributed by atoms with E-state index in [0.717, 1.165) is 12.2 Å². The second kappa shape index (κ2) is 12.5. The van der Waals surface area contributed by atoms with Crippen molar-refractivity contribution in [1.82, 2.24) is 10.2 Å². The van der Waals surface area contributed by atoms with E-state index in [1.165, 1.54) is 28.5 Å². The number of carbonyl (C=O) groups excluding carboxylic acids is 2. The van der Waals surface area contributed by atoms with E-state index < -0.39 is 6.04 Å². The number of aryl methyl sites for hydroxylation is 2. The van der Waals surface area contributed by atoms with Gasteiger partial charge in [0.1, 0.15) is 6.04 Å². The Morgan fingerprint density at radius 1 is 1.06 bits per heavy atom. The Balaban J connectivity index is 2.16. The van der Waals surface area contributed by atoms with Crippen molar-refractivity contribution in [2.45, 2.75) is 65.4 Å². The van der Waals surface area contributed by atoms with E-state index in [1.54, 1.807) is 30.0 Å². The predicted octanol–water partition coefficient (Wildman–Crippen LogP) is 6.18. The average molecular weight is 496 g/mol. The lowest BCUT2D eigenvalue weighted by molar-refractivity contribution is -0.138. The zero-order chi connectivity index (χ0) is 23.8. The molecule has 7 heteroatoms. The topological polar surface area (TPSA) is 49.4 Å². The van der Waals surface area contributed by atoms with Crippen molar-refractivity contribution in [3.63, 3.8) is 0 Å². The molecule has 0 heterocycles. The third-order valence-electron chi connectivity index (χ3n) is 5.33. The van der Waals surface area contributed by atoms with Crippen molar-refractivity contribution in [3.8, 4) is 0 Å². The molecule has 4 nitrogen and oxygen atoms in total. The van der Waals surface area contributed by atoms with E-state index in [1.807, 2.05) is 13.8 Å². The van der Waals surface area contributed by atoms with Gasteiger partial charge in [-0.1, -0.05) is 65.5 Å². The number of benzene rings is 2. The first-order valence-electron chi connectivity index (χ1n) is 10.8. The number of carbonyl (C=O) groups is 2. The largest absolute Gasteiger partial charge is 0.352 e. The van der Waals surface area contributed by atoms with Gasteiger partial charge in [0.05, 0.1) is 5.75 Å². The summed E-state index contributed by atoms with van der Waals surface area (Å²) < 4.78 is 0. The Bertz CT molecular complexity index is 911. The summed E-state index contributed by atoms with van der Waals surface area (Å²) in [5.41, 5.74) is 4.24. The summed E-state index contributed by atoms with van der Waals surface area (Å²) in [7, 11) is 0. The van der Waals surface area contributed by atoms with E-state index in [4.69, 9.17) is 23.2 Å². The molecule has 2 aromatic carbocycles. The van der Waals surface area contributed by atoms with Gasteiger partial charge in [-0.05, 0) is 51.8 Å². The minimum atomic E-state index is -0.648. The van der Waals surface area contributed by atoms with Crippen LogP contribution < -0.4 is 5.32 Å². The molecule has 0 radical (unpaired) electrons. The highest BCUT2D eigenvalue weighted by molar-refractivity contribution is 7.99. The van der Waals surface area contributed by atoms with Crippen LogP contribution in [0, 0.1) is 13.8 Å². The fourth-order valence-corrected chi connectivity index (χ4v) is 4.76. The molecule has 0 aromatic heterocycles. The van der Waals surface area contributed by atoms with Gasteiger partial charge in [-0.15, -0.1) is 11.8 Å². The normalized spacial score (nSPS) is 12.8. The zero-order valence-electron chi connectivity index (χ0n) is 19.4. The van der Waals surface area contributed by atoms with Crippen molar-refractivity contribution >= 4 is 46.8 Å². The second-order valence-electron chi connectivity index (χ2n) is 8.20. The zero-order valence-corrected chi connectivity index (χ0v) is 21.7. The van der Waals surface area contributed by atoms with E-state index in [0.29, 0.717) is 15.6 Å². The number of nitrogens with zero attached hydrogens (tertiary/aromatic N) is 1. The molecular formula is C25H32Cl2N2O2S. The Morgan fingerprint density at radius 2 is 1.66 bits per heavy atom. The van der Waals surface area contributed by atoms with E-state index in [9.17, 15) is 9.59 Å². The van der Waals surface area contributed by atoms with Gasteiger partial charge in [0.2, 0.25) is 11.8 Å². The quantitative estimate of drug-likeness (QED) is 0.429. The summed E-state index contributed by atoms with van der Waals surface area (Å²) in [5, 5.41) is 3.93. The maximum Gasteiger partial charge on any atom is 0.242 e. The van der Waals surface area contributed by atoms with Crippen LogP contribution in [0.2, 0.25) is 10.0 Å².